The molecule has 0 unspecified atom stereocenters. The maximum absolute atomic E-state index is 12.4. The van der Waals surface area contributed by atoms with Crippen LogP contribution in [0.5, 0.6) is 5.75 Å². The highest BCUT2D eigenvalue weighted by molar-refractivity contribution is 6.30. The van der Waals surface area contributed by atoms with Crippen molar-refractivity contribution in [1.29, 1.82) is 0 Å². The number of aromatic nitrogens is 2. The molecule has 0 N–H and O–H groups in total. The summed E-state index contributed by atoms with van der Waals surface area (Å²) < 4.78 is 7.16. The molecule has 0 aliphatic heterocycles. The number of hydrogen-bond donors (Lipinski definition) is 0. The molecule has 0 bridgehead atoms. The van der Waals surface area contributed by atoms with Gasteiger partial charge in [0.15, 0.2) is 0 Å². The smallest absolute Gasteiger partial charge is 0.275 e. The third-order valence-electron chi connectivity index (χ3n) is 3.89. The van der Waals surface area contributed by atoms with Crippen LogP contribution in [0, 0.1) is 0 Å². The molecule has 5 nitrogen and oxygen atoms in total. The van der Waals surface area contributed by atoms with Gasteiger partial charge in [-0.3, -0.25) is 9.69 Å². The van der Waals surface area contributed by atoms with Gasteiger partial charge in [-0.2, -0.15) is 5.10 Å². The van der Waals surface area contributed by atoms with E-state index in [0.29, 0.717) is 23.7 Å². The molecule has 0 aliphatic rings. The summed E-state index contributed by atoms with van der Waals surface area (Å²) in [6, 6.07) is 14.8. The largest absolute Gasteiger partial charge is 0.493 e. The van der Waals surface area contributed by atoms with Crippen LogP contribution in [0.3, 0.4) is 0 Å². The fraction of sp³-hybridized carbons (Fsp3) is 0.263. The van der Waals surface area contributed by atoms with Crippen LogP contribution in [0.1, 0.15) is 6.42 Å². The van der Waals surface area contributed by atoms with Crippen molar-refractivity contribution in [3.8, 4) is 5.75 Å². The van der Waals surface area contributed by atoms with Gasteiger partial charge in [0.2, 0.25) is 0 Å². The molecule has 2 aromatic carbocycles. The number of nitrogens with zero attached hydrogens (tertiary/aromatic N) is 3. The fourth-order valence-electron chi connectivity index (χ4n) is 2.61. The Morgan fingerprint density at radius 1 is 1.20 bits per heavy atom. The predicted molar refractivity (Wildman–Crippen MR) is 100 cm³/mol. The summed E-state index contributed by atoms with van der Waals surface area (Å²) in [5, 5.41) is 6.46. The number of rotatable bonds is 7. The third-order valence-corrected chi connectivity index (χ3v) is 4.12. The summed E-state index contributed by atoms with van der Waals surface area (Å²) in [7, 11) is 1.96. The number of hydrogen-bond acceptors (Lipinski definition) is 4. The van der Waals surface area contributed by atoms with Gasteiger partial charge in [-0.05, 0) is 37.7 Å². The molecule has 1 heterocycles. The summed E-state index contributed by atoms with van der Waals surface area (Å²) in [5.41, 5.74) is -0.0693. The first kappa shape index (κ1) is 17.5. The number of halogens is 1. The normalized spacial score (nSPS) is 11.2. The zero-order chi connectivity index (χ0) is 17.6. The van der Waals surface area contributed by atoms with Crippen molar-refractivity contribution in [2.75, 3.05) is 20.2 Å². The molecule has 25 heavy (non-hydrogen) atoms. The predicted octanol–water partition coefficient (Wildman–Crippen LogP) is 3.41. The standard InChI is InChI=1S/C19H20ClN3O2/c1-22(10-5-11-25-17-8-4-7-16(20)12-17)14-23-19(24)18-9-3-2-6-15(18)13-21-23/h2-4,6-9,12-13H,5,10-11,14H2,1H3. The zero-order valence-electron chi connectivity index (χ0n) is 14.1. The lowest BCUT2D eigenvalue weighted by Crippen LogP contribution is -2.32. The Bertz CT molecular complexity index is 910. The van der Waals surface area contributed by atoms with E-state index < -0.39 is 0 Å². The minimum absolute atomic E-state index is 0.0693. The van der Waals surface area contributed by atoms with Gasteiger partial charge in [0.05, 0.1) is 24.9 Å². The van der Waals surface area contributed by atoms with Crippen molar-refractivity contribution < 1.29 is 4.74 Å². The van der Waals surface area contributed by atoms with E-state index >= 15 is 0 Å². The minimum atomic E-state index is -0.0693. The summed E-state index contributed by atoms with van der Waals surface area (Å²) in [6.45, 7) is 1.83. The van der Waals surface area contributed by atoms with Crippen molar-refractivity contribution in [3.05, 3.63) is 70.1 Å². The van der Waals surface area contributed by atoms with E-state index in [4.69, 9.17) is 16.3 Å². The first-order valence-corrected chi connectivity index (χ1v) is 8.53. The Morgan fingerprint density at radius 3 is 2.88 bits per heavy atom. The summed E-state index contributed by atoms with van der Waals surface area (Å²) >= 11 is 5.93. The SMILES string of the molecule is CN(CCCOc1cccc(Cl)c1)Cn1ncc2ccccc2c1=O. The Hall–Kier alpha value is -2.37. The first-order chi connectivity index (χ1) is 12.1. The molecule has 0 saturated heterocycles. The van der Waals surface area contributed by atoms with E-state index in [1.807, 2.05) is 54.4 Å². The van der Waals surface area contributed by atoms with Crippen LogP contribution in [0.25, 0.3) is 10.8 Å². The topological polar surface area (TPSA) is 47.4 Å². The van der Waals surface area contributed by atoms with Crippen LogP contribution in [-0.4, -0.2) is 34.9 Å². The van der Waals surface area contributed by atoms with Gasteiger partial charge < -0.3 is 4.74 Å². The van der Waals surface area contributed by atoms with Gasteiger partial charge in [0.25, 0.3) is 5.56 Å². The van der Waals surface area contributed by atoms with Crippen molar-refractivity contribution in [3.63, 3.8) is 0 Å². The van der Waals surface area contributed by atoms with Gasteiger partial charge in [0, 0.05) is 17.0 Å². The summed E-state index contributed by atoms with van der Waals surface area (Å²) in [6.07, 6.45) is 2.57. The molecule has 0 spiro atoms. The Morgan fingerprint density at radius 2 is 2.04 bits per heavy atom. The monoisotopic (exact) mass is 357 g/mol. The van der Waals surface area contributed by atoms with E-state index in [9.17, 15) is 4.79 Å². The number of fused-ring (bicyclic) bond motifs is 1. The quantitative estimate of drug-likeness (QED) is 0.608. The molecule has 1 aromatic heterocycles. The van der Waals surface area contributed by atoms with Crippen LogP contribution in [0.4, 0.5) is 0 Å². The van der Waals surface area contributed by atoms with Crippen LogP contribution >= 0.6 is 11.6 Å². The van der Waals surface area contributed by atoms with Gasteiger partial charge in [-0.15, -0.1) is 0 Å². The van der Waals surface area contributed by atoms with E-state index in [-0.39, 0.29) is 5.56 Å². The van der Waals surface area contributed by atoms with Gasteiger partial charge in [-0.25, -0.2) is 4.68 Å². The summed E-state index contributed by atoms with van der Waals surface area (Å²) in [4.78, 5) is 14.5. The second-order valence-electron chi connectivity index (χ2n) is 5.92. The third kappa shape index (κ3) is 4.59. The minimum Gasteiger partial charge on any atom is -0.493 e. The Balaban J connectivity index is 1.52. The van der Waals surface area contributed by atoms with Crippen molar-refractivity contribution in [2.45, 2.75) is 13.1 Å². The van der Waals surface area contributed by atoms with Crippen LogP contribution in [-0.2, 0) is 6.67 Å². The lowest BCUT2D eigenvalue weighted by atomic mass is 10.2. The molecular formula is C19H20ClN3O2. The Kier molecular flexibility index (Phi) is 5.68. The average molecular weight is 358 g/mol. The number of benzene rings is 2. The molecule has 0 saturated carbocycles. The maximum Gasteiger partial charge on any atom is 0.275 e. The van der Waals surface area contributed by atoms with E-state index in [1.54, 1.807) is 12.3 Å². The summed E-state index contributed by atoms with van der Waals surface area (Å²) in [5.74, 6) is 0.766. The fourth-order valence-corrected chi connectivity index (χ4v) is 2.79. The lowest BCUT2D eigenvalue weighted by molar-refractivity contribution is 0.219. The molecule has 130 valence electrons. The maximum atomic E-state index is 12.4. The zero-order valence-corrected chi connectivity index (χ0v) is 14.8. The number of ether oxygens (including phenoxy) is 1. The molecule has 0 atom stereocenters. The molecule has 0 fully saturated rings. The molecule has 6 heteroatoms. The van der Waals surface area contributed by atoms with Crippen molar-refractivity contribution >= 4 is 22.4 Å². The molecule has 0 radical (unpaired) electrons. The van der Waals surface area contributed by atoms with Crippen LogP contribution in [0.2, 0.25) is 5.02 Å². The van der Waals surface area contributed by atoms with Crippen molar-refractivity contribution in [2.24, 2.45) is 0 Å². The van der Waals surface area contributed by atoms with E-state index in [2.05, 4.69) is 5.10 Å². The first-order valence-electron chi connectivity index (χ1n) is 8.15. The van der Waals surface area contributed by atoms with Gasteiger partial charge >= 0.3 is 0 Å². The molecule has 3 aromatic rings. The van der Waals surface area contributed by atoms with Gasteiger partial charge in [-0.1, -0.05) is 35.9 Å². The highest BCUT2D eigenvalue weighted by Crippen LogP contribution is 2.17. The van der Waals surface area contributed by atoms with Crippen molar-refractivity contribution in [1.82, 2.24) is 14.7 Å². The van der Waals surface area contributed by atoms with Gasteiger partial charge in [0.1, 0.15) is 5.75 Å². The molecule has 3 rings (SSSR count). The lowest BCUT2D eigenvalue weighted by Gasteiger charge is -2.17. The van der Waals surface area contributed by atoms with E-state index in [0.717, 1.165) is 24.1 Å². The second-order valence-corrected chi connectivity index (χ2v) is 6.35. The average Bonchev–Trinajstić information content (AvgIpc) is 2.61. The molecule has 0 aliphatic carbocycles. The van der Waals surface area contributed by atoms with E-state index in [1.165, 1.54) is 4.68 Å². The Labute approximate surface area is 151 Å². The second kappa shape index (κ2) is 8.14. The molecule has 0 amide bonds. The van der Waals surface area contributed by atoms with Crippen LogP contribution in [0.15, 0.2) is 59.5 Å². The highest BCUT2D eigenvalue weighted by Gasteiger charge is 2.06. The molecular weight excluding hydrogens is 338 g/mol. The highest BCUT2D eigenvalue weighted by atomic mass is 35.5. The van der Waals surface area contributed by atoms with Crippen LogP contribution < -0.4 is 10.3 Å².